The second-order valence-corrected chi connectivity index (χ2v) is 33.2. The molecule has 2 N–H and O–H groups in total. The maximum absolute atomic E-state index is 11.7. The summed E-state index contributed by atoms with van der Waals surface area (Å²) in [6.07, 6.45) is 6.00. The zero-order chi connectivity index (χ0) is 52.8. The average molecular weight is 1060 g/mol. The van der Waals surface area contributed by atoms with Crippen molar-refractivity contribution in [1.82, 2.24) is 14.5 Å². The van der Waals surface area contributed by atoms with Crippen molar-refractivity contribution >= 4 is 64.6 Å². The van der Waals surface area contributed by atoms with E-state index in [0.717, 1.165) is 36.1 Å². The van der Waals surface area contributed by atoms with Gasteiger partial charge >= 0.3 is 10.4 Å². The van der Waals surface area contributed by atoms with Gasteiger partial charge in [0.15, 0.2) is 0 Å². The predicted molar refractivity (Wildman–Crippen MR) is 304 cm³/mol. The molecule has 0 amide bonds. The Hall–Kier alpha value is -5.30. The van der Waals surface area contributed by atoms with E-state index in [2.05, 4.69) is 209 Å². The molecule has 0 spiro atoms. The van der Waals surface area contributed by atoms with E-state index in [1.165, 1.54) is 31.9 Å². The van der Waals surface area contributed by atoms with Gasteiger partial charge in [0.2, 0.25) is 0 Å². The maximum Gasteiger partial charge on any atom is 0.400 e. The van der Waals surface area contributed by atoms with Gasteiger partial charge < -0.3 is 23.8 Å². The molecule has 14 heteroatoms. The van der Waals surface area contributed by atoms with Gasteiger partial charge in [0.25, 0.3) is 16.6 Å². The number of aromatic nitrogens is 3. The molecule has 2 saturated carbocycles. The van der Waals surface area contributed by atoms with Crippen molar-refractivity contribution in [2.24, 2.45) is 23.7 Å². The molecule has 9 atom stereocenters. The monoisotopic (exact) mass is 1060 g/mol. The molecule has 7 aromatic rings. The molecule has 1 aliphatic heterocycles. The highest BCUT2D eigenvalue weighted by molar-refractivity contribution is 7.82. The van der Waals surface area contributed by atoms with Crippen LogP contribution in [0.15, 0.2) is 164 Å². The number of nitrogens with one attached hydrogen (secondary N) is 1. The summed E-state index contributed by atoms with van der Waals surface area (Å²) in [5.74, 6) is 1.37. The number of anilines is 1. The Morgan fingerprint density at radius 2 is 1.15 bits per heavy atom. The Bertz CT molecular complexity index is 3080. The molecule has 3 heterocycles. The number of hydrogen-bond donors (Lipinski definition) is 2. The van der Waals surface area contributed by atoms with Crippen LogP contribution in [0.3, 0.4) is 0 Å². The van der Waals surface area contributed by atoms with Gasteiger partial charge in [0.1, 0.15) is 30.0 Å². The lowest BCUT2D eigenvalue weighted by molar-refractivity contribution is 0.0878. The summed E-state index contributed by atoms with van der Waals surface area (Å²) >= 11 is 0. The highest BCUT2D eigenvalue weighted by atomic mass is 32.3. The number of fused-ring (bicyclic) bond motifs is 3. The van der Waals surface area contributed by atoms with Crippen molar-refractivity contribution in [3.8, 4) is 0 Å². The van der Waals surface area contributed by atoms with Gasteiger partial charge in [-0.2, -0.15) is 8.42 Å². The minimum atomic E-state index is -3.85. The number of rotatable bonds is 13. The number of aliphatic hydroxyl groups excluding tert-OH is 1. The third kappa shape index (κ3) is 10.1. The first-order valence-electron chi connectivity index (χ1n) is 26.9. The van der Waals surface area contributed by atoms with E-state index in [1.807, 2.05) is 19.1 Å². The normalized spacial score (nSPS) is 25.4. The lowest BCUT2D eigenvalue weighted by Gasteiger charge is -2.43. The number of hydrogen-bond acceptors (Lipinski definition) is 10. The van der Waals surface area contributed by atoms with E-state index >= 15 is 0 Å². The molecule has 0 radical (unpaired) electrons. The van der Waals surface area contributed by atoms with Crippen LogP contribution in [0.1, 0.15) is 97.9 Å². The Labute approximate surface area is 446 Å². The zero-order valence-electron chi connectivity index (χ0n) is 44.7. The highest BCUT2D eigenvalue weighted by Crippen LogP contribution is 2.46. The molecule has 394 valence electrons. The Morgan fingerprint density at radius 3 is 1.65 bits per heavy atom. The molecule has 11 rings (SSSR count). The van der Waals surface area contributed by atoms with Crippen LogP contribution >= 0.6 is 0 Å². The van der Waals surface area contributed by atoms with Gasteiger partial charge in [-0.05, 0) is 97.4 Å². The number of benzene rings is 5. The molecule has 5 aromatic carbocycles. The topological polar surface area (TPSA) is 134 Å². The smallest absolute Gasteiger partial charge is 0.400 e. The van der Waals surface area contributed by atoms with Crippen LogP contribution in [0.25, 0.3) is 11.0 Å². The molecule has 75 heavy (non-hydrogen) atoms. The highest BCUT2D eigenvalue weighted by Gasteiger charge is 2.55. The molecule has 1 saturated heterocycles. The average Bonchev–Trinajstić information content (AvgIpc) is 4.22. The van der Waals surface area contributed by atoms with Crippen LogP contribution in [0.5, 0.6) is 0 Å². The van der Waals surface area contributed by atoms with Crippen molar-refractivity contribution in [3.63, 3.8) is 0 Å². The predicted octanol–water partition coefficient (Wildman–Crippen LogP) is 9.91. The SMILES string of the molecule is CC1[C@H](CO[Si](c2ccccc2)(c2ccccc2)C(C)(C)C)C[C@@H](n2ccc3c(NC4CCc5ccccc54)ncnc32)[C@H]1O.CC1[C@H](CO[Si](c2ccccc2)(c2ccccc2)C(C)(C)C)C[C@@H]2OS(=O)(=O)O[C@@H]12. The molecule has 4 aliphatic rings. The van der Waals surface area contributed by atoms with Gasteiger partial charge in [0.05, 0.1) is 23.6 Å². The minimum Gasteiger partial charge on any atom is -0.407 e. The van der Waals surface area contributed by atoms with E-state index < -0.39 is 45.3 Å². The lowest BCUT2D eigenvalue weighted by atomic mass is 9.98. The van der Waals surface area contributed by atoms with Gasteiger partial charge in [0, 0.05) is 19.4 Å². The van der Waals surface area contributed by atoms with Crippen LogP contribution < -0.4 is 26.1 Å². The van der Waals surface area contributed by atoms with Crippen molar-refractivity contribution in [2.75, 3.05) is 18.5 Å². The fraction of sp³-hybridized carbons (Fsp3) is 0.410. The summed E-state index contributed by atoms with van der Waals surface area (Å²) in [5.41, 5.74) is 3.63. The molecule has 2 aromatic heterocycles. The Kier molecular flexibility index (Phi) is 15.1. The van der Waals surface area contributed by atoms with Crippen molar-refractivity contribution in [3.05, 3.63) is 175 Å². The fourth-order valence-corrected chi connectivity index (χ4v) is 23.4. The summed E-state index contributed by atoms with van der Waals surface area (Å²) in [6.45, 7) is 19.1. The molecule has 0 bridgehead atoms. The van der Waals surface area contributed by atoms with E-state index in [0.29, 0.717) is 19.6 Å². The molecule has 3 fully saturated rings. The number of aliphatic hydroxyl groups is 1. The Balaban J connectivity index is 0.000000186. The van der Waals surface area contributed by atoms with E-state index in [1.54, 1.807) is 6.33 Å². The minimum absolute atomic E-state index is 0.0468. The maximum atomic E-state index is 11.7. The quantitative estimate of drug-likeness (QED) is 0.108. The third-order valence-electron chi connectivity index (χ3n) is 17.0. The standard InChI is InChI=1S/C38H44N4O2Si.C23H30O5SSi/c1-26-28(24-44-45(38(2,3)4,29-14-7-5-8-15-29)30-16-9-6-10-17-30)23-34(35(26)43)42-22-21-32-36(39-25-40-37(32)42)41-33-20-19-27-13-11-12-18-31(27)33;1-17-18(15-21-22(17)28-29(24,25)27-21)16-26-30(23(2,3)4,19-11-7-5-8-12-19)20-13-9-6-10-14-20/h5-18,21-22,25-26,28,33-35,43H,19-20,23-24H2,1-4H3,(H,39,40,41);5-14,17-18,21-22H,15-16H2,1-4H3/t26?,28-,33?,34+,35-;17?,18-,21-,22-/m00/s1. The van der Waals surface area contributed by atoms with Crippen LogP contribution in [0.2, 0.25) is 10.1 Å². The lowest BCUT2D eigenvalue weighted by Crippen LogP contribution is -2.67. The van der Waals surface area contributed by atoms with Crippen molar-refractivity contribution < 1.29 is 30.7 Å². The first-order valence-corrected chi connectivity index (χ1v) is 32.0. The van der Waals surface area contributed by atoms with Crippen LogP contribution in [-0.2, 0) is 34.0 Å². The van der Waals surface area contributed by atoms with Crippen molar-refractivity contribution in [1.29, 1.82) is 0 Å². The van der Waals surface area contributed by atoms with Crippen LogP contribution in [0.4, 0.5) is 5.82 Å². The molecule has 3 unspecified atom stereocenters. The summed E-state index contributed by atoms with van der Waals surface area (Å²) in [4.78, 5) is 9.38. The fourth-order valence-electron chi connectivity index (χ4n) is 13.0. The van der Waals surface area contributed by atoms with Gasteiger partial charge in [-0.1, -0.05) is 201 Å². The van der Waals surface area contributed by atoms with E-state index in [9.17, 15) is 13.5 Å². The molecule has 11 nitrogen and oxygen atoms in total. The van der Waals surface area contributed by atoms with Crippen LogP contribution in [-0.4, -0.2) is 76.2 Å². The van der Waals surface area contributed by atoms with Gasteiger partial charge in [-0.3, -0.25) is 0 Å². The summed E-state index contributed by atoms with van der Waals surface area (Å²) in [5, 5.41) is 21.2. The largest absolute Gasteiger partial charge is 0.407 e. The summed E-state index contributed by atoms with van der Waals surface area (Å²) < 4.78 is 50.1. The molecular formula is C61H74N4O7SSi2. The van der Waals surface area contributed by atoms with E-state index in [4.69, 9.17) is 22.2 Å². The van der Waals surface area contributed by atoms with Crippen LogP contribution in [0, 0.1) is 23.7 Å². The number of nitrogens with zero attached hydrogens (tertiary/aromatic N) is 3. The first-order chi connectivity index (χ1) is 35.9. The zero-order valence-corrected chi connectivity index (χ0v) is 47.5. The number of aryl methyl sites for hydroxylation is 1. The van der Waals surface area contributed by atoms with Crippen molar-refractivity contribution in [2.45, 2.75) is 122 Å². The molecular weight excluding hydrogens is 989 g/mol. The second-order valence-electron chi connectivity index (χ2n) is 23.4. The third-order valence-corrected chi connectivity index (χ3v) is 28.0. The summed E-state index contributed by atoms with van der Waals surface area (Å²) in [7, 11) is -9.13. The Morgan fingerprint density at radius 1 is 0.653 bits per heavy atom. The first kappa shape index (κ1) is 53.1. The molecule has 3 aliphatic carbocycles. The summed E-state index contributed by atoms with van der Waals surface area (Å²) in [6, 6.07) is 53.6. The van der Waals surface area contributed by atoms with Gasteiger partial charge in [-0.25, -0.2) is 18.3 Å². The second kappa shape index (κ2) is 21.3. The van der Waals surface area contributed by atoms with Gasteiger partial charge in [-0.15, -0.1) is 0 Å². The van der Waals surface area contributed by atoms with E-state index in [-0.39, 0.29) is 45.8 Å².